The lowest BCUT2D eigenvalue weighted by molar-refractivity contribution is 0.370. The van der Waals surface area contributed by atoms with Crippen LogP contribution in [0.3, 0.4) is 0 Å². The van der Waals surface area contributed by atoms with Crippen molar-refractivity contribution >= 4 is 42.4 Å². The van der Waals surface area contributed by atoms with Crippen LogP contribution in [0.25, 0.3) is 11.3 Å². The molecule has 0 N–H and O–H groups in total. The third kappa shape index (κ3) is 4.57. The standard InChI is InChI=1S/C21H22BrN3O4S2/c1-28-17-6-7-19(29-2)20(13-17)31(26,27)25-10-8-24(9-11-25)21-23-18(14-30-21)15-4-3-5-16(22)12-15/h3-7,12-14H,8-11H2,1-2H3. The first-order chi connectivity index (χ1) is 14.9. The van der Waals surface area contributed by atoms with Gasteiger partial charge >= 0.3 is 0 Å². The van der Waals surface area contributed by atoms with E-state index in [0.717, 1.165) is 20.9 Å². The summed E-state index contributed by atoms with van der Waals surface area (Å²) in [6, 6.07) is 12.8. The molecule has 2 aromatic carbocycles. The molecule has 0 amide bonds. The fourth-order valence-corrected chi connectivity index (χ4v) is 6.31. The first kappa shape index (κ1) is 22.1. The number of hydrogen-bond donors (Lipinski definition) is 0. The van der Waals surface area contributed by atoms with E-state index in [-0.39, 0.29) is 4.90 Å². The molecule has 0 radical (unpaired) electrons. The fraction of sp³-hybridized carbons (Fsp3) is 0.286. The minimum Gasteiger partial charge on any atom is -0.497 e. The number of halogens is 1. The Balaban J connectivity index is 1.49. The second-order valence-corrected chi connectivity index (χ2v) is 10.6. The molecule has 4 rings (SSSR count). The van der Waals surface area contributed by atoms with E-state index in [0.29, 0.717) is 37.7 Å². The highest BCUT2D eigenvalue weighted by atomic mass is 79.9. The van der Waals surface area contributed by atoms with Gasteiger partial charge < -0.3 is 14.4 Å². The van der Waals surface area contributed by atoms with Crippen molar-refractivity contribution in [2.24, 2.45) is 0 Å². The molecule has 31 heavy (non-hydrogen) atoms. The number of benzene rings is 2. The molecule has 1 fully saturated rings. The Kier molecular flexibility index (Phi) is 6.52. The lowest BCUT2D eigenvalue weighted by Crippen LogP contribution is -2.48. The summed E-state index contributed by atoms with van der Waals surface area (Å²) in [5.74, 6) is 0.780. The average Bonchev–Trinajstić information content (AvgIpc) is 3.29. The van der Waals surface area contributed by atoms with Crippen molar-refractivity contribution in [2.75, 3.05) is 45.3 Å². The number of thiazole rings is 1. The summed E-state index contributed by atoms with van der Waals surface area (Å²) >= 11 is 5.06. The number of aromatic nitrogens is 1. The normalized spacial score (nSPS) is 15.1. The van der Waals surface area contributed by atoms with Gasteiger partial charge in [-0.2, -0.15) is 4.31 Å². The van der Waals surface area contributed by atoms with Crippen LogP contribution in [0.2, 0.25) is 0 Å². The first-order valence-corrected chi connectivity index (χ1v) is 12.7. The molecule has 0 unspecified atom stereocenters. The summed E-state index contributed by atoms with van der Waals surface area (Å²) < 4.78 is 39.5. The maximum atomic E-state index is 13.3. The highest BCUT2D eigenvalue weighted by Gasteiger charge is 2.32. The highest BCUT2D eigenvalue weighted by molar-refractivity contribution is 9.10. The van der Waals surface area contributed by atoms with Crippen molar-refractivity contribution in [1.82, 2.24) is 9.29 Å². The zero-order valence-electron chi connectivity index (χ0n) is 17.1. The van der Waals surface area contributed by atoms with Gasteiger partial charge in [0.05, 0.1) is 19.9 Å². The fourth-order valence-electron chi connectivity index (χ4n) is 3.43. The van der Waals surface area contributed by atoms with Gasteiger partial charge in [-0.05, 0) is 24.3 Å². The number of nitrogens with zero attached hydrogens (tertiary/aromatic N) is 3. The van der Waals surface area contributed by atoms with E-state index in [4.69, 9.17) is 14.5 Å². The number of hydrogen-bond acceptors (Lipinski definition) is 7. The van der Waals surface area contributed by atoms with Gasteiger partial charge in [0.1, 0.15) is 16.4 Å². The Morgan fingerprint density at radius 1 is 1.03 bits per heavy atom. The van der Waals surface area contributed by atoms with Crippen LogP contribution in [0.5, 0.6) is 11.5 Å². The van der Waals surface area contributed by atoms with Gasteiger partial charge in [0.15, 0.2) is 5.13 Å². The van der Waals surface area contributed by atoms with Crippen molar-refractivity contribution in [1.29, 1.82) is 0 Å². The van der Waals surface area contributed by atoms with Gasteiger partial charge in [0.2, 0.25) is 10.0 Å². The maximum Gasteiger partial charge on any atom is 0.247 e. The highest BCUT2D eigenvalue weighted by Crippen LogP contribution is 2.33. The molecular formula is C21H22BrN3O4S2. The molecule has 1 saturated heterocycles. The number of sulfonamides is 1. The van der Waals surface area contributed by atoms with Gasteiger partial charge in [-0.25, -0.2) is 13.4 Å². The molecule has 0 atom stereocenters. The quantitative estimate of drug-likeness (QED) is 0.484. The predicted octanol–water partition coefficient (Wildman–Crippen LogP) is 4.10. The Hall–Kier alpha value is -2.14. The largest absolute Gasteiger partial charge is 0.497 e. The van der Waals surface area contributed by atoms with Crippen molar-refractivity contribution in [3.05, 3.63) is 52.3 Å². The summed E-state index contributed by atoms with van der Waals surface area (Å²) in [4.78, 5) is 7.01. The molecule has 0 bridgehead atoms. The topological polar surface area (TPSA) is 72.0 Å². The van der Waals surface area contributed by atoms with E-state index in [2.05, 4.69) is 20.8 Å². The number of rotatable bonds is 6. The van der Waals surface area contributed by atoms with Crippen LogP contribution in [0.4, 0.5) is 5.13 Å². The van der Waals surface area contributed by atoms with Gasteiger partial charge in [-0.1, -0.05) is 28.1 Å². The minimum atomic E-state index is -3.71. The molecule has 2 heterocycles. The smallest absolute Gasteiger partial charge is 0.247 e. The van der Waals surface area contributed by atoms with Crippen LogP contribution >= 0.6 is 27.3 Å². The first-order valence-electron chi connectivity index (χ1n) is 9.61. The summed E-state index contributed by atoms with van der Waals surface area (Å²) in [5, 5.41) is 2.92. The Bertz CT molecular complexity index is 1170. The van der Waals surface area contributed by atoms with Crippen LogP contribution in [0.15, 0.2) is 57.2 Å². The number of ether oxygens (including phenoxy) is 2. The summed E-state index contributed by atoms with van der Waals surface area (Å²) in [6.45, 7) is 1.87. The van der Waals surface area contributed by atoms with Crippen LogP contribution < -0.4 is 14.4 Å². The van der Waals surface area contributed by atoms with Crippen LogP contribution in [-0.4, -0.2) is 58.1 Å². The third-order valence-corrected chi connectivity index (χ3v) is 8.42. The van der Waals surface area contributed by atoms with Gasteiger partial charge in [0.25, 0.3) is 0 Å². The molecule has 10 heteroatoms. The summed E-state index contributed by atoms with van der Waals surface area (Å²) in [6.07, 6.45) is 0. The monoisotopic (exact) mass is 523 g/mol. The van der Waals surface area contributed by atoms with Crippen molar-refractivity contribution < 1.29 is 17.9 Å². The van der Waals surface area contributed by atoms with Gasteiger partial charge in [0, 0.05) is 47.7 Å². The predicted molar refractivity (Wildman–Crippen MR) is 126 cm³/mol. The zero-order valence-corrected chi connectivity index (χ0v) is 20.3. The van der Waals surface area contributed by atoms with Crippen molar-refractivity contribution in [3.8, 4) is 22.8 Å². The maximum absolute atomic E-state index is 13.3. The molecule has 7 nitrogen and oxygen atoms in total. The second kappa shape index (κ2) is 9.15. The Morgan fingerprint density at radius 3 is 2.48 bits per heavy atom. The number of anilines is 1. The molecule has 1 aromatic heterocycles. The second-order valence-electron chi connectivity index (χ2n) is 6.93. The minimum absolute atomic E-state index is 0.119. The molecule has 164 valence electrons. The van der Waals surface area contributed by atoms with E-state index in [1.165, 1.54) is 24.6 Å². The lowest BCUT2D eigenvalue weighted by Gasteiger charge is -2.34. The molecule has 0 spiro atoms. The summed E-state index contributed by atoms with van der Waals surface area (Å²) in [7, 11) is -0.736. The Morgan fingerprint density at radius 2 is 1.81 bits per heavy atom. The molecule has 0 aliphatic carbocycles. The number of methoxy groups -OCH3 is 2. The van der Waals surface area contributed by atoms with E-state index in [9.17, 15) is 8.42 Å². The van der Waals surface area contributed by atoms with Crippen molar-refractivity contribution in [2.45, 2.75) is 4.90 Å². The van der Waals surface area contributed by atoms with E-state index < -0.39 is 10.0 Å². The van der Waals surface area contributed by atoms with E-state index in [1.807, 2.05) is 29.6 Å². The van der Waals surface area contributed by atoms with Gasteiger partial charge in [-0.3, -0.25) is 0 Å². The average molecular weight is 524 g/mol. The molecule has 3 aromatic rings. The van der Waals surface area contributed by atoms with E-state index >= 15 is 0 Å². The van der Waals surface area contributed by atoms with Crippen LogP contribution in [-0.2, 0) is 10.0 Å². The summed E-state index contributed by atoms with van der Waals surface area (Å²) in [5.41, 5.74) is 1.96. The van der Waals surface area contributed by atoms with Crippen LogP contribution in [0.1, 0.15) is 0 Å². The third-order valence-electron chi connectivity index (χ3n) is 5.11. The van der Waals surface area contributed by atoms with Gasteiger partial charge in [-0.15, -0.1) is 11.3 Å². The SMILES string of the molecule is COc1ccc(OC)c(S(=O)(=O)N2CCN(c3nc(-c4cccc(Br)c4)cs3)CC2)c1. The zero-order chi connectivity index (χ0) is 22.0. The lowest BCUT2D eigenvalue weighted by atomic mass is 10.2. The van der Waals surface area contributed by atoms with Crippen LogP contribution in [0, 0.1) is 0 Å². The molecular weight excluding hydrogens is 502 g/mol. The number of piperazine rings is 1. The van der Waals surface area contributed by atoms with Crippen molar-refractivity contribution in [3.63, 3.8) is 0 Å². The Labute approximate surface area is 194 Å². The molecule has 1 aliphatic rings. The van der Waals surface area contributed by atoms with E-state index in [1.54, 1.807) is 23.5 Å². The molecule has 0 saturated carbocycles. The molecule has 1 aliphatic heterocycles.